The molecule has 0 aliphatic heterocycles. The lowest BCUT2D eigenvalue weighted by molar-refractivity contribution is -0.116. The van der Waals surface area contributed by atoms with Gasteiger partial charge in [-0.2, -0.15) is 0 Å². The highest BCUT2D eigenvalue weighted by molar-refractivity contribution is 14.1. The van der Waals surface area contributed by atoms with Gasteiger partial charge >= 0.3 is 0 Å². The molecule has 2 rings (SSSR count). The Labute approximate surface area is 142 Å². The molecule has 114 valence electrons. The standard InChI is InChI=1S/C17H15FINO2/c1-11-10-13(18)4-7-15(11)20-17(22)9-8-16(21)12-2-5-14(19)6-3-12/h2-7,10H,8-9H2,1H3,(H,20,22). The molecule has 0 radical (unpaired) electrons. The number of benzene rings is 2. The summed E-state index contributed by atoms with van der Waals surface area (Å²) in [6.07, 6.45) is 0.244. The monoisotopic (exact) mass is 411 g/mol. The fourth-order valence-electron chi connectivity index (χ4n) is 1.99. The van der Waals surface area contributed by atoms with Crippen molar-refractivity contribution >= 4 is 40.0 Å². The topological polar surface area (TPSA) is 46.2 Å². The molecule has 0 saturated heterocycles. The van der Waals surface area contributed by atoms with Crippen molar-refractivity contribution in [1.29, 1.82) is 0 Å². The number of carbonyl (C=O) groups is 2. The third-order valence-corrected chi connectivity index (χ3v) is 3.93. The van der Waals surface area contributed by atoms with Gasteiger partial charge in [-0.05, 0) is 65.4 Å². The van der Waals surface area contributed by atoms with Crippen LogP contribution < -0.4 is 5.32 Å². The molecule has 3 nitrogen and oxygen atoms in total. The van der Waals surface area contributed by atoms with Crippen LogP contribution in [0.2, 0.25) is 0 Å². The van der Waals surface area contributed by atoms with Gasteiger partial charge in [-0.15, -0.1) is 0 Å². The molecule has 1 N–H and O–H groups in total. The summed E-state index contributed by atoms with van der Waals surface area (Å²) in [5.41, 5.74) is 1.82. The molecule has 0 heterocycles. The number of ketones is 1. The Kier molecular flexibility index (Phi) is 5.65. The van der Waals surface area contributed by atoms with E-state index in [-0.39, 0.29) is 30.3 Å². The molecule has 22 heavy (non-hydrogen) atoms. The normalized spacial score (nSPS) is 10.3. The lowest BCUT2D eigenvalue weighted by atomic mass is 10.1. The van der Waals surface area contributed by atoms with E-state index in [1.165, 1.54) is 18.2 Å². The minimum atomic E-state index is -0.343. The lowest BCUT2D eigenvalue weighted by Crippen LogP contribution is -2.14. The maximum absolute atomic E-state index is 13.0. The number of rotatable bonds is 5. The van der Waals surface area contributed by atoms with E-state index in [2.05, 4.69) is 27.9 Å². The number of Topliss-reactive ketones (excluding diaryl/α,β-unsaturated/α-hetero) is 1. The van der Waals surface area contributed by atoms with Crippen molar-refractivity contribution in [3.8, 4) is 0 Å². The number of hydrogen-bond donors (Lipinski definition) is 1. The van der Waals surface area contributed by atoms with Crippen molar-refractivity contribution in [3.05, 3.63) is 63.0 Å². The SMILES string of the molecule is Cc1cc(F)ccc1NC(=O)CCC(=O)c1ccc(I)cc1. The number of halogens is 2. The van der Waals surface area contributed by atoms with Gasteiger partial charge in [0, 0.05) is 27.7 Å². The van der Waals surface area contributed by atoms with Crippen LogP contribution in [0.3, 0.4) is 0 Å². The van der Waals surface area contributed by atoms with E-state index in [4.69, 9.17) is 0 Å². The van der Waals surface area contributed by atoms with E-state index in [0.717, 1.165) is 3.57 Å². The molecule has 5 heteroatoms. The van der Waals surface area contributed by atoms with Gasteiger partial charge in [0.25, 0.3) is 0 Å². The van der Waals surface area contributed by atoms with E-state index in [1.54, 1.807) is 19.1 Å². The van der Waals surface area contributed by atoms with Gasteiger partial charge < -0.3 is 5.32 Å². The molecule has 0 aliphatic carbocycles. The van der Waals surface area contributed by atoms with Gasteiger partial charge in [0.05, 0.1) is 0 Å². The number of nitrogens with one attached hydrogen (secondary N) is 1. The largest absolute Gasteiger partial charge is 0.326 e. The van der Waals surface area contributed by atoms with Gasteiger partial charge in [-0.1, -0.05) is 12.1 Å². The molecule has 0 atom stereocenters. The minimum Gasteiger partial charge on any atom is -0.326 e. The average Bonchev–Trinajstić information content (AvgIpc) is 2.48. The molecule has 0 spiro atoms. The van der Waals surface area contributed by atoms with Crippen molar-refractivity contribution < 1.29 is 14.0 Å². The predicted molar refractivity (Wildman–Crippen MR) is 92.5 cm³/mol. The average molecular weight is 411 g/mol. The number of carbonyl (C=O) groups excluding carboxylic acids is 2. The molecule has 2 aromatic rings. The Balaban J connectivity index is 1.89. The first-order valence-corrected chi connectivity index (χ1v) is 7.88. The van der Waals surface area contributed by atoms with Crippen LogP contribution in [0.5, 0.6) is 0 Å². The van der Waals surface area contributed by atoms with Crippen LogP contribution in [0, 0.1) is 16.3 Å². The highest BCUT2D eigenvalue weighted by Crippen LogP contribution is 2.16. The van der Waals surface area contributed by atoms with Gasteiger partial charge in [0.15, 0.2) is 5.78 Å². The van der Waals surface area contributed by atoms with Crippen molar-refractivity contribution in [1.82, 2.24) is 0 Å². The van der Waals surface area contributed by atoms with Crippen molar-refractivity contribution in [3.63, 3.8) is 0 Å². The van der Waals surface area contributed by atoms with E-state index in [0.29, 0.717) is 16.8 Å². The first kappa shape index (κ1) is 16.6. The predicted octanol–water partition coefficient (Wildman–Crippen LogP) is 4.34. The zero-order valence-corrected chi connectivity index (χ0v) is 14.2. The second-order valence-corrected chi connectivity index (χ2v) is 6.18. The van der Waals surface area contributed by atoms with Gasteiger partial charge in [0.1, 0.15) is 5.82 Å². The maximum atomic E-state index is 13.0. The van der Waals surface area contributed by atoms with E-state index < -0.39 is 0 Å². The molecular formula is C17H15FINO2. The number of anilines is 1. The lowest BCUT2D eigenvalue weighted by Gasteiger charge is -2.08. The van der Waals surface area contributed by atoms with Gasteiger partial charge in [-0.25, -0.2) is 4.39 Å². The molecule has 0 aromatic heterocycles. The summed E-state index contributed by atoms with van der Waals surface area (Å²) in [6.45, 7) is 1.72. The zero-order chi connectivity index (χ0) is 16.1. The molecule has 0 aliphatic rings. The van der Waals surface area contributed by atoms with Crippen molar-refractivity contribution in [2.45, 2.75) is 19.8 Å². The van der Waals surface area contributed by atoms with Gasteiger partial charge in [-0.3, -0.25) is 9.59 Å². The van der Waals surface area contributed by atoms with Crippen LogP contribution in [0.1, 0.15) is 28.8 Å². The molecule has 1 amide bonds. The first-order chi connectivity index (χ1) is 10.5. The Morgan fingerprint density at radius 1 is 1.09 bits per heavy atom. The van der Waals surface area contributed by atoms with Crippen LogP contribution in [0.4, 0.5) is 10.1 Å². The van der Waals surface area contributed by atoms with Crippen LogP contribution >= 0.6 is 22.6 Å². The van der Waals surface area contributed by atoms with Crippen LogP contribution in [-0.2, 0) is 4.79 Å². The zero-order valence-electron chi connectivity index (χ0n) is 12.0. The summed E-state index contributed by atoms with van der Waals surface area (Å²) in [7, 11) is 0. The van der Waals surface area contributed by atoms with E-state index in [1.807, 2.05) is 12.1 Å². The fraction of sp³-hybridized carbons (Fsp3) is 0.176. The molecular weight excluding hydrogens is 396 g/mol. The van der Waals surface area contributed by atoms with E-state index in [9.17, 15) is 14.0 Å². The Morgan fingerprint density at radius 2 is 1.77 bits per heavy atom. The Bertz CT molecular complexity index is 698. The van der Waals surface area contributed by atoms with Crippen LogP contribution in [-0.4, -0.2) is 11.7 Å². The van der Waals surface area contributed by atoms with Crippen molar-refractivity contribution in [2.24, 2.45) is 0 Å². The third-order valence-electron chi connectivity index (χ3n) is 3.21. The molecule has 0 unspecified atom stereocenters. The summed E-state index contributed by atoms with van der Waals surface area (Å²) in [5, 5.41) is 2.69. The summed E-state index contributed by atoms with van der Waals surface area (Å²) in [4.78, 5) is 23.9. The Hall–Kier alpha value is -1.76. The van der Waals surface area contributed by atoms with Crippen LogP contribution in [0.25, 0.3) is 0 Å². The summed E-state index contributed by atoms with van der Waals surface area (Å²) < 4.78 is 14.1. The first-order valence-electron chi connectivity index (χ1n) is 6.80. The molecule has 0 bridgehead atoms. The highest BCUT2D eigenvalue weighted by Gasteiger charge is 2.10. The maximum Gasteiger partial charge on any atom is 0.224 e. The highest BCUT2D eigenvalue weighted by atomic mass is 127. The molecule has 2 aromatic carbocycles. The Morgan fingerprint density at radius 3 is 2.41 bits per heavy atom. The van der Waals surface area contributed by atoms with Gasteiger partial charge in [0.2, 0.25) is 5.91 Å². The van der Waals surface area contributed by atoms with Crippen LogP contribution in [0.15, 0.2) is 42.5 Å². The second kappa shape index (κ2) is 7.49. The van der Waals surface area contributed by atoms with Crippen molar-refractivity contribution in [2.75, 3.05) is 5.32 Å². The quantitative estimate of drug-likeness (QED) is 0.588. The molecule has 0 saturated carbocycles. The number of hydrogen-bond acceptors (Lipinski definition) is 2. The smallest absolute Gasteiger partial charge is 0.224 e. The summed E-state index contributed by atoms with van der Waals surface area (Å²) >= 11 is 2.17. The summed E-state index contributed by atoms with van der Waals surface area (Å²) in [6, 6.07) is 11.4. The number of amides is 1. The third kappa shape index (κ3) is 4.62. The number of aryl methyl sites for hydroxylation is 1. The summed E-state index contributed by atoms with van der Waals surface area (Å²) in [5.74, 6) is -0.666. The molecule has 0 fully saturated rings. The van der Waals surface area contributed by atoms with E-state index >= 15 is 0 Å². The minimum absolute atomic E-state index is 0.0672. The second-order valence-electron chi connectivity index (χ2n) is 4.94. The fourth-order valence-corrected chi connectivity index (χ4v) is 2.35.